The summed E-state index contributed by atoms with van der Waals surface area (Å²) in [5, 5.41) is 3.35. The molecule has 0 aliphatic carbocycles. The molecule has 3 N–H and O–H groups in total. The fourth-order valence-corrected chi connectivity index (χ4v) is 2.43. The largest absolute Gasteiger partial charge is 0.496 e. The van der Waals surface area contributed by atoms with Crippen LogP contribution in [-0.4, -0.2) is 7.11 Å². The first-order chi connectivity index (χ1) is 9.10. The molecule has 0 fully saturated rings. The number of anilines is 2. The van der Waals surface area contributed by atoms with Crippen molar-refractivity contribution in [1.29, 1.82) is 0 Å². The highest BCUT2D eigenvalue weighted by atomic mass is 79.9. The number of aryl methyl sites for hydroxylation is 1. The average molecular weight is 321 g/mol. The predicted octanol–water partition coefficient (Wildman–Crippen LogP) is 3.96. The molecule has 19 heavy (non-hydrogen) atoms. The lowest BCUT2D eigenvalue weighted by atomic mass is 10.1. The lowest BCUT2D eigenvalue weighted by Gasteiger charge is -2.11. The number of hydrogen-bond donors (Lipinski definition) is 2. The van der Waals surface area contributed by atoms with E-state index in [1.807, 2.05) is 36.4 Å². The molecule has 3 nitrogen and oxygen atoms in total. The highest BCUT2D eigenvalue weighted by Crippen LogP contribution is 2.26. The molecular formula is C15H17BrN2O. The second-order valence-electron chi connectivity index (χ2n) is 4.41. The number of halogens is 1. The molecule has 4 heteroatoms. The Balaban J connectivity index is 2.10. The fraction of sp³-hybridized carbons (Fsp3) is 0.200. The van der Waals surface area contributed by atoms with Crippen molar-refractivity contribution in [1.82, 2.24) is 0 Å². The Bertz CT molecular complexity index is 584. The first kappa shape index (κ1) is 13.7. The van der Waals surface area contributed by atoms with Gasteiger partial charge in [0.15, 0.2) is 0 Å². The second kappa shape index (κ2) is 5.97. The van der Waals surface area contributed by atoms with Gasteiger partial charge in [-0.25, -0.2) is 0 Å². The van der Waals surface area contributed by atoms with Crippen LogP contribution in [0.4, 0.5) is 11.4 Å². The van der Waals surface area contributed by atoms with Gasteiger partial charge in [0, 0.05) is 6.54 Å². The molecule has 0 saturated heterocycles. The summed E-state index contributed by atoms with van der Waals surface area (Å²) in [6.45, 7) is 2.77. The third-order valence-corrected chi connectivity index (χ3v) is 3.53. The van der Waals surface area contributed by atoms with Crippen LogP contribution in [0.15, 0.2) is 40.9 Å². The van der Waals surface area contributed by atoms with E-state index in [1.54, 1.807) is 7.11 Å². The molecule has 0 aliphatic rings. The maximum absolute atomic E-state index is 5.94. The van der Waals surface area contributed by atoms with E-state index in [9.17, 15) is 0 Å². The number of methoxy groups -OCH3 is 1. The van der Waals surface area contributed by atoms with E-state index in [0.717, 1.165) is 33.7 Å². The van der Waals surface area contributed by atoms with Gasteiger partial charge in [0.25, 0.3) is 0 Å². The Morgan fingerprint density at radius 2 is 2.00 bits per heavy atom. The van der Waals surface area contributed by atoms with Gasteiger partial charge in [0.2, 0.25) is 0 Å². The molecule has 0 radical (unpaired) electrons. The summed E-state index contributed by atoms with van der Waals surface area (Å²) in [6.07, 6.45) is 0. The number of ether oxygens (including phenoxy) is 1. The number of hydrogen-bond acceptors (Lipinski definition) is 3. The highest BCUT2D eigenvalue weighted by Gasteiger charge is 2.03. The number of nitrogen functional groups attached to an aromatic ring is 1. The summed E-state index contributed by atoms with van der Waals surface area (Å²) >= 11 is 3.48. The first-order valence-electron chi connectivity index (χ1n) is 6.02. The summed E-state index contributed by atoms with van der Waals surface area (Å²) < 4.78 is 6.16. The molecule has 0 atom stereocenters. The SMILES string of the molecule is COc1ccc(CNc2cc(C)ccc2N)cc1Br. The minimum absolute atomic E-state index is 0.718. The van der Waals surface area contributed by atoms with Crippen LogP contribution in [0.3, 0.4) is 0 Å². The zero-order valence-electron chi connectivity index (χ0n) is 11.0. The number of benzene rings is 2. The number of nitrogens with one attached hydrogen (secondary N) is 1. The van der Waals surface area contributed by atoms with Gasteiger partial charge in [0.05, 0.1) is 23.0 Å². The lowest BCUT2D eigenvalue weighted by Crippen LogP contribution is -2.03. The van der Waals surface area contributed by atoms with Crippen LogP contribution < -0.4 is 15.8 Å². The molecular weight excluding hydrogens is 304 g/mol. The number of nitrogens with two attached hydrogens (primary N) is 1. The van der Waals surface area contributed by atoms with E-state index in [2.05, 4.69) is 28.2 Å². The smallest absolute Gasteiger partial charge is 0.133 e. The molecule has 0 aliphatic heterocycles. The zero-order valence-corrected chi connectivity index (χ0v) is 12.6. The average Bonchev–Trinajstić information content (AvgIpc) is 2.40. The van der Waals surface area contributed by atoms with Crippen molar-refractivity contribution in [3.63, 3.8) is 0 Å². The molecule has 0 unspecified atom stereocenters. The second-order valence-corrected chi connectivity index (χ2v) is 5.27. The predicted molar refractivity (Wildman–Crippen MR) is 83.6 cm³/mol. The van der Waals surface area contributed by atoms with Crippen molar-refractivity contribution in [2.45, 2.75) is 13.5 Å². The Morgan fingerprint density at radius 1 is 1.21 bits per heavy atom. The van der Waals surface area contributed by atoms with Crippen LogP contribution in [0.25, 0.3) is 0 Å². The zero-order chi connectivity index (χ0) is 13.8. The monoisotopic (exact) mass is 320 g/mol. The van der Waals surface area contributed by atoms with Crippen molar-refractivity contribution in [2.75, 3.05) is 18.2 Å². The quantitative estimate of drug-likeness (QED) is 0.838. The van der Waals surface area contributed by atoms with E-state index in [0.29, 0.717) is 0 Å². The molecule has 2 rings (SSSR count). The Hall–Kier alpha value is -1.68. The number of rotatable bonds is 4. The minimum Gasteiger partial charge on any atom is -0.496 e. The summed E-state index contributed by atoms with van der Waals surface area (Å²) in [4.78, 5) is 0. The normalized spacial score (nSPS) is 10.3. The maximum Gasteiger partial charge on any atom is 0.133 e. The molecule has 0 amide bonds. The van der Waals surface area contributed by atoms with E-state index >= 15 is 0 Å². The van der Waals surface area contributed by atoms with Gasteiger partial charge in [-0.3, -0.25) is 0 Å². The molecule has 0 spiro atoms. The maximum atomic E-state index is 5.94. The van der Waals surface area contributed by atoms with Crippen LogP contribution in [0.5, 0.6) is 5.75 Å². The first-order valence-corrected chi connectivity index (χ1v) is 6.82. The van der Waals surface area contributed by atoms with Crippen LogP contribution in [0.2, 0.25) is 0 Å². The van der Waals surface area contributed by atoms with E-state index in [1.165, 1.54) is 5.56 Å². The summed E-state index contributed by atoms with van der Waals surface area (Å²) in [6, 6.07) is 12.0. The minimum atomic E-state index is 0.718. The molecule has 100 valence electrons. The Labute approximate surface area is 121 Å². The third kappa shape index (κ3) is 3.41. The fourth-order valence-electron chi connectivity index (χ4n) is 1.84. The van der Waals surface area contributed by atoms with Gasteiger partial charge in [-0.05, 0) is 58.2 Å². The molecule has 2 aromatic carbocycles. The van der Waals surface area contributed by atoms with Crippen molar-refractivity contribution >= 4 is 27.3 Å². The summed E-state index contributed by atoms with van der Waals surface area (Å²) in [7, 11) is 1.66. The molecule has 0 saturated carbocycles. The summed E-state index contributed by atoms with van der Waals surface area (Å²) in [5.41, 5.74) is 10.0. The van der Waals surface area contributed by atoms with Crippen LogP contribution >= 0.6 is 15.9 Å². The van der Waals surface area contributed by atoms with Crippen molar-refractivity contribution in [3.05, 3.63) is 52.0 Å². The molecule has 0 bridgehead atoms. The van der Waals surface area contributed by atoms with Gasteiger partial charge in [-0.15, -0.1) is 0 Å². The standard InChI is InChI=1S/C15H17BrN2O/c1-10-3-5-13(17)14(7-10)18-9-11-4-6-15(19-2)12(16)8-11/h3-8,18H,9,17H2,1-2H3. The van der Waals surface area contributed by atoms with E-state index < -0.39 is 0 Å². The van der Waals surface area contributed by atoms with Gasteiger partial charge in [-0.2, -0.15) is 0 Å². The molecule has 2 aromatic rings. The third-order valence-electron chi connectivity index (χ3n) is 2.91. The Kier molecular flexibility index (Phi) is 4.32. The van der Waals surface area contributed by atoms with Crippen molar-refractivity contribution in [2.24, 2.45) is 0 Å². The highest BCUT2D eigenvalue weighted by molar-refractivity contribution is 9.10. The molecule has 0 heterocycles. The molecule has 0 aromatic heterocycles. The Morgan fingerprint density at radius 3 is 2.68 bits per heavy atom. The van der Waals surface area contributed by atoms with Gasteiger partial charge in [-0.1, -0.05) is 12.1 Å². The van der Waals surface area contributed by atoms with Crippen LogP contribution in [0.1, 0.15) is 11.1 Å². The van der Waals surface area contributed by atoms with Crippen LogP contribution in [-0.2, 0) is 6.54 Å². The van der Waals surface area contributed by atoms with Crippen molar-refractivity contribution < 1.29 is 4.74 Å². The van der Waals surface area contributed by atoms with E-state index in [-0.39, 0.29) is 0 Å². The van der Waals surface area contributed by atoms with Crippen LogP contribution in [0, 0.1) is 6.92 Å². The van der Waals surface area contributed by atoms with Gasteiger partial charge < -0.3 is 15.8 Å². The van der Waals surface area contributed by atoms with Gasteiger partial charge in [0.1, 0.15) is 5.75 Å². The lowest BCUT2D eigenvalue weighted by molar-refractivity contribution is 0.412. The van der Waals surface area contributed by atoms with Gasteiger partial charge >= 0.3 is 0 Å². The summed E-state index contributed by atoms with van der Waals surface area (Å²) in [5.74, 6) is 0.832. The van der Waals surface area contributed by atoms with E-state index in [4.69, 9.17) is 10.5 Å². The topological polar surface area (TPSA) is 47.3 Å². The van der Waals surface area contributed by atoms with Crippen molar-refractivity contribution in [3.8, 4) is 5.75 Å².